The third-order valence-electron chi connectivity index (χ3n) is 4.39. The van der Waals surface area contributed by atoms with Gasteiger partial charge in [0.1, 0.15) is 17.6 Å². The Morgan fingerprint density at radius 3 is 2.48 bits per heavy atom. The summed E-state index contributed by atoms with van der Waals surface area (Å²) >= 11 is 6.03. The second-order valence-electron chi connectivity index (χ2n) is 6.44. The van der Waals surface area contributed by atoms with Gasteiger partial charge in [-0.3, -0.25) is 4.79 Å². The van der Waals surface area contributed by atoms with Crippen molar-refractivity contribution in [3.63, 3.8) is 0 Å². The van der Waals surface area contributed by atoms with Gasteiger partial charge in [0.15, 0.2) is 11.5 Å². The Hall–Kier alpha value is -3.77. The number of ether oxygens (including phenoxy) is 3. The Bertz CT molecular complexity index is 1310. The zero-order valence-electron chi connectivity index (χ0n) is 16.5. The number of esters is 1. The number of fused-ring (bicyclic) bond motifs is 1. The van der Waals surface area contributed by atoms with Crippen molar-refractivity contribution < 1.29 is 23.4 Å². The van der Waals surface area contributed by atoms with Crippen molar-refractivity contribution in [3.05, 3.63) is 93.8 Å². The van der Waals surface area contributed by atoms with Crippen molar-refractivity contribution in [1.82, 2.24) is 0 Å². The summed E-state index contributed by atoms with van der Waals surface area (Å²) < 4.78 is 22.2. The maximum atomic E-state index is 12.9. The van der Waals surface area contributed by atoms with Crippen molar-refractivity contribution in [3.8, 4) is 23.0 Å². The lowest BCUT2D eigenvalue weighted by Crippen LogP contribution is -2.09. The fourth-order valence-electron chi connectivity index (χ4n) is 2.94. The molecule has 3 aromatic carbocycles. The van der Waals surface area contributed by atoms with Crippen molar-refractivity contribution in [1.29, 1.82) is 0 Å². The highest BCUT2D eigenvalue weighted by Gasteiger charge is 2.15. The highest BCUT2D eigenvalue weighted by Crippen LogP contribution is 2.31. The monoisotopic (exact) mass is 436 g/mol. The van der Waals surface area contributed by atoms with Crippen LogP contribution in [-0.2, 0) is 0 Å². The van der Waals surface area contributed by atoms with E-state index in [1.807, 2.05) is 13.0 Å². The highest BCUT2D eigenvalue weighted by molar-refractivity contribution is 6.33. The normalized spacial score (nSPS) is 10.6. The number of hydrogen-bond donors (Lipinski definition) is 0. The van der Waals surface area contributed by atoms with Crippen molar-refractivity contribution in [2.24, 2.45) is 0 Å². The summed E-state index contributed by atoms with van der Waals surface area (Å²) in [6, 6.07) is 18.1. The first-order chi connectivity index (χ1) is 15.1. The molecular formula is C24H17ClO6. The zero-order chi connectivity index (χ0) is 21.8. The number of rotatable bonds is 6. The molecule has 0 saturated carbocycles. The van der Waals surface area contributed by atoms with Gasteiger partial charge in [-0.05, 0) is 43.3 Å². The lowest BCUT2D eigenvalue weighted by molar-refractivity contribution is 0.0735. The average molecular weight is 437 g/mol. The van der Waals surface area contributed by atoms with Gasteiger partial charge in [0.05, 0.1) is 22.6 Å². The minimum absolute atomic E-state index is 0.0143. The third-order valence-corrected chi connectivity index (χ3v) is 4.72. The predicted octanol–water partition coefficient (Wildman–Crippen LogP) is 5.86. The maximum absolute atomic E-state index is 12.9. The minimum atomic E-state index is -0.611. The van der Waals surface area contributed by atoms with Crippen molar-refractivity contribution in [2.75, 3.05) is 6.61 Å². The first kappa shape index (κ1) is 20.5. The van der Waals surface area contributed by atoms with Crippen LogP contribution in [0.2, 0.25) is 5.02 Å². The predicted molar refractivity (Wildman–Crippen MR) is 117 cm³/mol. The Balaban J connectivity index is 1.61. The molecule has 0 atom stereocenters. The van der Waals surface area contributed by atoms with Crippen LogP contribution in [0.3, 0.4) is 0 Å². The van der Waals surface area contributed by atoms with Gasteiger partial charge in [0.2, 0.25) is 11.2 Å². The molecule has 0 aliphatic rings. The lowest BCUT2D eigenvalue weighted by Gasteiger charge is -2.11. The summed E-state index contributed by atoms with van der Waals surface area (Å²) in [5, 5.41) is 0.567. The Kier molecular flexibility index (Phi) is 5.91. The molecule has 0 spiro atoms. The standard InChI is InChI=1S/C24H17ClO6/c1-2-28-19-9-5-6-10-20(19)31-22-14-29-21-13-15(11-12-17(21)23(22)26)30-24(27)16-7-3-4-8-18(16)25/h3-14H,2H2,1H3. The maximum Gasteiger partial charge on any atom is 0.345 e. The third kappa shape index (κ3) is 4.39. The van der Waals surface area contributed by atoms with Crippen LogP contribution in [0.5, 0.6) is 23.0 Å². The largest absolute Gasteiger partial charge is 0.490 e. The van der Waals surface area contributed by atoms with Crippen molar-refractivity contribution >= 4 is 28.5 Å². The van der Waals surface area contributed by atoms with E-state index in [2.05, 4.69) is 0 Å². The lowest BCUT2D eigenvalue weighted by atomic mass is 10.2. The number of para-hydroxylation sites is 2. The molecule has 1 aromatic heterocycles. The van der Waals surface area contributed by atoms with Gasteiger partial charge in [-0.1, -0.05) is 35.9 Å². The van der Waals surface area contributed by atoms with E-state index in [0.717, 1.165) is 0 Å². The van der Waals surface area contributed by atoms with Gasteiger partial charge in [0, 0.05) is 6.07 Å². The Morgan fingerprint density at radius 1 is 0.968 bits per heavy atom. The van der Waals surface area contributed by atoms with Crippen LogP contribution in [0.4, 0.5) is 0 Å². The second-order valence-corrected chi connectivity index (χ2v) is 6.85. The molecule has 0 unspecified atom stereocenters. The Labute approximate surface area is 182 Å². The van der Waals surface area contributed by atoms with Crippen LogP contribution in [0.1, 0.15) is 17.3 Å². The average Bonchev–Trinajstić information content (AvgIpc) is 2.77. The number of halogens is 1. The van der Waals surface area contributed by atoms with Gasteiger partial charge in [-0.15, -0.1) is 0 Å². The molecule has 7 heteroatoms. The molecule has 0 N–H and O–H groups in total. The first-order valence-corrected chi connectivity index (χ1v) is 9.86. The van der Waals surface area contributed by atoms with E-state index in [0.29, 0.717) is 18.1 Å². The van der Waals surface area contributed by atoms with Gasteiger partial charge in [-0.25, -0.2) is 4.79 Å². The van der Waals surface area contributed by atoms with E-state index in [1.54, 1.807) is 42.5 Å². The zero-order valence-corrected chi connectivity index (χ0v) is 17.2. The summed E-state index contributed by atoms with van der Waals surface area (Å²) in [5.41, 5.74) is 0.124. The minimum Gasteiger partial charge on any atom is -0.490 e. The molecule has 4 rings (SSSR count). The van der Waals surface area contributed by atoms with Gasteiger partial charge >= 0.3 is 5.97 Å². The van der Waals surface area contributed by atoms with Crippen LogP contribution in [0, 0.1) is 0 Å². The quantitative estimate of drug-likeness (QED) is 0.278. The van der Waals surface area contributed by atoms with E-state index in [-0.39, 0.29) is 38.5 Å². The SMILES string of the molecule is CCOc1ccccc1Oc1coc2cc(OC(=O)c3ccccc3Cl)ccc2c1=O. The second kappa shape index (κ2) is 8.93. The van der Waals surface area contributed by atoms with Crippen LogP contribution < -0.4 is 19.6 Å². The van der Waals surface area contributed by atoms with E-state index in [4.69, 9.17) is 30.2 Å². The molecule has 31 heavy (non-hydrogen) atoms. The topological polar surface area (TPSA) is 75.0 Å². The highest BCUT2D eigenvalue weighted by atomic mass is 35.5. The molecule has 0 aliphatic carbocycles. The fourth-order valence-corrected chi connectivity index (χ4v) is 3.15. The Morgan fingerprint density at radius 2 is 1.71 bits per heavy atom. The molecule has 1 heterocycles. The summed E-state index contributed by atoms with van der Waals surface area (Å²) in [7, 11) is 0. The molecule has 0 aliphatic heterocycles. The molecule has 156 valence electrons. The molecule has 0 bridgehead atoms. The van der Waals surface area contributed by atoms with E-state index >= 15 is 0 Å². The number of benzene rings is 3. The molecule has 0 fully saturated rings. The van der Waals surface area contributed by atoms with Gasteiger partial charge in [-0.2, -0.15) is 0 Å². The number of hydrogen-bond acceptors (Lipinski definition) is 6. The van der Waals surface area contributed by atoms with E-state index < -0.39 is 5.97 Å². The smallest absolute Gasteiger partial charge is 0.345 e. The van der Waals surface area contributed by atoms with E-state index in [1.165, 1.54) is 24.5 Å². The molecule has 6 nitrogen and oxygen atoms in total. The van der Waals surface area contributed by atoms with Gasteiger partial charge < -0.3 is 18.6 Å². The summed E-state index contributed by atoms with van der Waals surface area (Å²) in [6.45, 7) is 2.32. The van der Waals surface area contributed by atoms with Crippen LogP contribution in [0.25, 0.3) is 11.0 Å². The van der Waals surface area contributed by atoms with Crippen LogP contribution >= 0.6 is 11.6 Å². The summed E-state index contributed by atoms with van der Waals surface area (Å²) in [5.74, 6) is 0.545. The van der Waals surface area contributed by atoms with Crippen LogP contribution in [-0.4, -0.2) is 12.6 Å². The first-order valence-electron chi connectivity index (χ1n) is 9.48. The van der Waals surface area contributed by atoms with Crippen molar-refractivity contribution in [2.45, 2.75) is 6.92 Å². The van der Waals surface area contributed by atoms with E-state index in [9.17, 15) is 9.59 Å². The molecule has 0 amide bonds. The molecular weight excluding hydrogens is 420 g/mol. The summed E-state index contributed by atoms with van der Waals surface area (Å²) in [4.78, 5) is 25.2. The molecule has 0 saturated heterocycles. The number of carbonyl (C=O) groups is 1. The van der Waals surface area contributed by atoms with Gasteiger partial charge in [0.25, 0.3) is 0 Å². The molecule has 0 radical (unpaired) electrons. The molecule has 4 aromatic rings. The number of carbonyl (C=O) groups excluding carboxylic acids is 1. The summed E-state index contributed by atoms with van der Waals surface area (Å²) in [6.07, 6.45) is 1.22. The fraction of sp³-hybridized carbons (Fsp3) is 0.0833. The van der Waals surface area contributed by atoms with Crippen LogP contribution in [0.15, 0.2) is 82.2 Å².